The third-order valence-corrected chi connectivity index (χ3v) is 10.8. The van der Waals surface area contributed by atoms with Gasteiger partial charge in [-0.15, -0.1) is 0 Å². The minimum absolute atomic E-state index is 0.114. The van der Waals surface area contributed by atoms with E-state index in [2.05, 4.69) is 60.8 Å². The van der Waals surface area contributed by atoms with E-state index in [0.717, 1.165) is 68.4 Å². The Morgan fingerprint density at radius 2 is 2.10 bits per heavy atom. The summed E-state index contributed by atoms with van der Waals surface area (Å²) in [6, 6.07) is 2.20. The summed E-state index contributed by atoms with van der Waals surface area (Å²) < 4.78 is 32.3. The second-order valence-electron chi connectivity index (χ2n) is 11.3. The fourth-order valence-corrected chi connectivity index (χ4v) is 7.99. The maximum absolute atomic E-state index is 14.2. The van der Waals surface area contributed by atoms with Crippen molar-refractivity contribution in [1.29, 1.82) is 0 Å². The summed E-state index contributed by atoms with van der Waals surface area (Å²) in [4.78, 5) is 8.08. The molecule has 0 spiro atoms. The molecule has 0 radical (unpaired) electrons. The van der Waals surface area contributed by atoms with Crippen LogP contribution in [0.5, 0.6) is 0 Å². The average molecular weight is 563 g/mol. The van der Waals surface area contributed by atoms with Crippen molar-refractivity contribution in [2.24, 2.45) is 5.41 Å². The molecule has 0 aromatic carbocycles. The van der Waals surface area contributed by atoms with Crippen molar-refractivity contribution in [1.82, 2.24) is 18.8 Å². The predicted molar refractivity (Wildman–Crippen MR) is 165 cm³/mol. The smallest absolute Gasteiger partial charge is 0.239 e. The number of nitrogens with one attached hydrogen (secondary N) is 1. The van der Waals surface area contributed by atoms with Crippen LogP contribution in [0.15, 0.2) is 71.8 Å². The second kappa shape index (κ2) is 13.7. The first-order valence-electron chi connectivity index (χ1n) is 14.9. The molecule has 2 aliphatic carbocycles. The first-order valence-corrected chi connectivity index (χ1v) is 16.3. The van der Waals surface area contributed by atoms with Crippen molar-refractivity contribution < 1.29 is 8.42 Å². The van der Waals surface area contributed by atoms with Crippen LogP contribution in [-0.2, 0) is 16.6 Å². The van der Waals surface area contributed by atoms with E-state index in [0.29, 0.717) is 18.0 Å². The molecule has 2 saturated carbocycles. The van der Waals surface area contributed by atoms with E-state index in [1.807, 2.05) is 40.3 Å². The fraction of sp³-hybridized carbons (Fsp3) is 0.515. The highest BCUT2D eigenvalue weighted by Gasteiger charge is 2.51. The standard InChI is InChI=1S/C33H46N4O2S/c1-5-7-8-9-15-31-30(17-20-35-31)28(4)25-27(3)12-10-16-32(33(6-2)18-19-33)40(38,39)37(29-13-11-14-29)24-23-36-22-21-34-26-36/h5,7,9,16-17,20-22,25-26,29,35H,6,8,10-14,18-19,23-24H2,1-4H3. The van der Waals surface area contributed by atoms with Crippen LogP contribution in [0, 0.1) is 5.41 Å². The van der Waals surface area contributed by atoms with Crippen molar-refractivity contribution in [3.8, 4) is 0 Å². The highest BCUT2D eigenvalue weighted by atomic mass is 32.2. The van der Waals surface area contributed by atoms with Gasteiger partial charge in [0.1, 0.15) is 0 Å². The fourth-order valence-electron chi connectivity index (χ4n) is 5.59. The summed E-state index contributed by atoms with van der Waals surface area (Å²) in [6.07, 6.45) is 26.0. The lowest BCUT2D eigenvalue weighted by molar-refractivity contribution is 0.214. The molecule has 0 unspecified atom stereocenters. The molecule has 40 heavy (non-hydrogen) atoms. The monoisotopic (exact) mass is 562 g/mol. The molecule has 6 nitrogen and oxygen atoms in total. The van der Waals surface area contributed by atoms with Crippen LogP contribution in [0.1, 0.15) is 85.5 Å². The van der Waals surface area contributed by atoms with Gasteiger partial charge in [0.25, 0.3) is 0 Å². The van der Waals surface area contributed by atoms with E-state index in [4.69, 9.17) is 0 Å². The van der Waals surface area contributed by atoms with Crippen LogP contribution in [0.4, 0.5) is 0 Å². The Balaban J connectivity index is 1.54. The Morgan fingerprint density at radius 1 is 1.30 bits per heavy atom. The van der Waals surface area contributed by atoms with Gasteiger partial charge in [0, 0.05) is 48.4 Å². The summed E-state index contributed by atoms with van der Waals surface area (Å²) in [5, 5.41) is 2.14. The van der Waals surface area contributed by atoms with Crippen molar-refractivity contribution in [3.05, 3.63) is 82.4 Å². The zero-order chi connectivity index (χ0) is 28.6. The quantitative estimate of drug-likeness (QED) is 0.289. The number of sulfonamides is 1. The summed E-state index contributed by atoms with van der Waals surface area (Å²) >= 11 is 0. The van der Waals surface area contributed by atoms with Crippen LogP contribution in [0.2, 0.25) is 0 Å². The lowest BCUT2D eigenvalue weighted by atomic mass is 9.93. The van der Waals surface area contributed by atoms with Gasteiger partial charge in [-0.3, -0.25) is 0 Å². The normalized spacial score (nSPS) is 18.6. The maximum atomic E-state index is 14.2. The Kier molecular flexibility index (Phi) is 10.3. The first-order chi connectivity index (χ1) is 19.3. The number of allylic oxidation sites excluding steroid dienone is 7. The van der Waals surface area contributed by atoms with Crippen molar-refractivity contribution in [2.45, 2.75) is 98.1 Å². The van der Waals surface area contributed by atoms with Crippen LogP contribution >= 0.6 is 0 Å². The molecule has 2 heterocycles. The van der Waals surface area contributed by atoms with Gasteiger partial charge in [0.2, 0.25) is 10.0 Å². The minimum Gasteiger partial charge on any atom is -0.355 e. The Labute approximate surface area is 240 Å². The van der Waals surface area contributed by atoms with Gasteiger partial charge in [0.15, 0.2) is 0 Å². The van der Waals surface area contributed by atoms with E-state index < -0.39 is 10.0 Å². The van der Waals surface area contributed by atoms with E-state index >= 15 is 0 Å². The molecule has 7 heteroatoms. The van der Waals surface area contributed by atoms with Gasteiger partial charge in [-0.25, -0.2) is 13.4 Å². The number of rotatable bonds is 14. The molecule has 0 atom stereocenters. The molecule has 2 fully saturated rings. The highest BCUT2D eigenvalue weighted by molar-refractivity contribution is 7.93. The van der Waals surface area contributed by atoms with Crippen molar-refractivity contribution >= 4 is 21.3 Å². The molecule has 2 aliphatic rings. The molecular formula is C33H46N4O2S. The number of nitrogens with zero attached hydrogens (tertiary/aromatic N) is 3. The summed E-state index contributed by atoms with van der Waals surface area (Å²) in [5.74, 6) is 0. The molecule has 216 valence electrons. The van der Waals surface area contributed by atoms with Gasteiger partial charge in [-0.05, 0) is 89.9 Å². The highest BCUT2D eigenvalue weighted by Crippen LogP contribution is 2.57. The lowest BCUT2D eigenvalue weighted by Crippen LogP contribution is -2.46. The van der Waals surface area contributed by atoms with Gasteiger partial charge in [-0.2, -0.15) is 4.31 Å². The number of aromatic amines is 1. The van der Waals surface area contributed by atoms with E-state index in [1.165, 1.54) is 11.1 Å². The Bertz CT molecular complexity index is 1480. The summed E-state index contributed by atoms with van der Waals surface area (Å²) in [7, 11) is -3.54. The molecule has 0 amide bonds. The molecule has 2 aromatic rings. The summed E-state index contributed by atoms with van der Waals surface area (Å²) in [5.41, 5.74) is 5.60. The Hall–Kier alpha value is -2.86. The second-order valence-corrected chi connectivity index (χ2v) is 13.2. The van der Waals surface area contributed by atoms with Crippen molar-refractivity contribution in [3.63, 3.8) is 0 Å². The zero-order valence-corrected chi connectivity index (χ0v) is 25.5. The largest absolute Gasteiger partial charge is 0.355 e. The predicted octanol–water partition coefficient (Wildman–Crippen LogP) is 5.97. The summed E-state index contributed by atoms with van der Waals surface area (Å²) in [6.45, 7) is 9.55. The van der Waals surface area contributed by atoms with Crippen LogP contribution < -0.4 is 10.6 Å². The van der Waals surface area contributed by atoms with Gasteiger partial charge >= 0.3 is 0 Å². The third kappa shape index (κ3) is 7.25. The van der Waals surface area contributed by atoms with Crippen LogP contribution in [-0.4, -0.2) is 39.8 Å². The average Bonchev–Trinajstić information content (AvgIpc) is 3.26. The van der Waals surface area contributed by atoms with Crippen LogP contribution in [0.25, 0.3) is 11.3 Å². The number of H-pyrrole nitrogens is 1. The lowest BCUT2D eigenvalue weighted by Gasteiger charge is -2.38. The van der Waals surface area contributed by atoms with E-state index in [1.54, 1.807) is 12.5 Å². The number of hydrogen-bond acceptors (Lipinski definition) is 3. The molecule has 4 rings (SSSR count). The molecule has 0 saturated heterocycles. The molecule has 0 bridgehead atoms. The third-order valence-electron chi connectivity index (χ3n) is 8.50. The van der Waals surface area contributed by atoms with Crippen LogP contribution in [0.3, 0.4) is 0 Å². The maximum Gasteiger partial charge on any atom is 0.239 e. The van der Waals surface area contributed by atoms with Gasteiger partial charge in [-0.1, -0.05) is 49.0 Å². The number of aromatic nitrogens is 3. The SMILES string of the molecule is CC=CCC=C=c1[nH]ccc1=C(C)C=C(C)CCC=C(C1(CC)CC1)S(=O)(=O)N(CCn1ccnc1)C1CCC1. The van der Waals surface area contributed by atoms with Crippen molar-refractivity contribution in [2.75, 3.05) is 6.54 Å². The number of imidazole rings is 1. The zero-order valence-electron chi connectivity index (χ0n) is 24.7. The van der Waals surface area contributed by atoms with Gasteiger partial charge in [0.05, 0.1) is 16.6 Å². The van der Waals surface area contributed by atoms with E-state index in [-0.39, 0.29) is 11.5 Å². The first kappa shape index (κ1) is 30.1. The van der Waals surface area contributed by atoms with E-state index in [9.17, 15) is 8.42 Å². The molecule has 2 aromatic heterocycles. The Morgan fingerprint density at radius 3 is 2.73 bits per heavy atom. The van der Waals surface area contributed by atoms with Gasteiger partial charge < -0.3 is 9.55 Å². The number of hydrogen-bond donors (Lipinski definition) is 1. The topological polar surface area (TPSA) is 71.0 Å². The minimum atomic E-state index is -3.54. The molecular weight excluding hydrogens is 516 g/mol. The molecule has 1 N–H and O–H groups in total. The molecule has 0 aliphatic heterocycles.